The first-order valence-corrected chi connectivity index (χ1v) is 10.4. The molecule has 6 nitrogen and oxygen atoms in total. The molecule has 160 valence electrons. The molecular weight excluding hydrogens is 426 g/mol. The van der Waals surface area contributed by atoms with Gasteiger partial charge in [0.1, 0.15) is 24.2 Å². The van der Waals surface area contributed by atoms with Gasteiger partial charge in [-0.3, -0.25) is 0 Å². The summed E-state index contributed by atoms with van der Waals surface area (Å²) in [5.74, 6) is 2.12. The number of hydrogen-bond donors (Lipinski definition) is 1. The van der Waals surface area contributed by atoms with Crippen molar-refractivity contribution in [3.05, 3.63) is 89.1 Å². The smallest absolute Gasteiger partial charge is 0.236 e. The number of anilines is 2. The van der Waals surface area contributed by atoms with Crippen molar-refractivity contribution in [1.29, 1.82) is 5.26 Å². The van der Waals surface area contributed by atoms with Gasteiger partial charge in [0.05, 0.1) is 6.61 Å². The Labute approximate surface area is 191 Å². The quantitative estimate of drug-likeness (QED) is 0.329. The Hall–Kier alpha value is -3.95. The van der Waals surface area contributed by atoms with Crippen LogP contribution in [-0.4, -0.2) is 11.6 Å². The monoisotopic (exact) mass is 445 g/mol. The number of halogens is 1. The largest absolute Gasteiger partial charge is 0.494 e. The van der Waals surface area contributed by atoms with Crippen LogP contribution in [0.2, 0.25) is 5.02 Å². The van der Waals surface area contributed by atoms with Crippen molar-refractivity contribution >= 4 is 23.2 Å². The minimum atomic E-state index is 0.178. The molecule has 0 radical (unpaired) electrons. The number of ether oxygens (including phenoxy) is 2. The molecule has 1 heterocycles. The molecule has 0 amide bonds. The van der Waals surface area contributed by atoms with Gasteiger partial charge in [-0.2, -0.15) is 10.2 Å². The minimum absolute atomic E-state index is 0.178. The van der Waals surface area contributed by atoms with E-state index >= 15 is 0 Å². The zero-order valence-corrected chi connectivity index (χ0v) is 18.1. The lowest BCUT2D eigenvalue weighted by Gasteiger charge is -2.07. The maximum atomic E-state index is 9.45. The van der Waals surface area contributed by atoms with Crippen molar-refractivity contribution in [3.63, 3.8) is 0 Å². The van der Waals surface area contributed by atoms with Gasteiger partial charge in [-0.25, -0.2) is 0 Å². The molecule has 0 atom stereocenters. The van der Waals surface area contributed by atoms with Gasteiger partial charge in [0.25, 0.3) is 0 Å². The first kappa shape index (κ1) is 21.3. The summed E-state index contributed by atoms with van der Waals surface area (Å²) in [6.45, 7) is 2.96. The number of nitriles is 1. The summed E-state index contributed by atoms with van der Waals surface area (Å²) >= 11 is 5.91. The fourth-order valence-corrected chi connectivity index (χ4v) is 3.10. The van der Waals surface area contributed by atoms with Crippen molar-refractivity contribution in [3.8, 4) is 29.0 Å². The van der Waals surface area contributed by atoms with E-state index in [9.17, 15) is 5.26 Å². The number of nitrogens with zero attached hydrogens (tertiary/aromatic N) is 2. The highest BCUT2D eigenvalue weighted by atomic mass is 35.5. The third-order valence-electron chi connectivity index (χ3n) is 4.58. The van der Waals surface area contributed by atoms with Gasteiger partial charge in [-0.15, -0.1) is 0 Å². The standard InChI is InChI=1S/C25H20ClN3O3/c1-2-30-21-13-9-20(10-14-21)28-25-23(15-27)29-24(32-25)18-5-11-22(12-6-18)31-16-17-3-7-19(26)8-4-17/h3-14,28H,2,16H2,1H3. The summed E-state index contributed by atoms with van der Waals surface area (Å²) < 4.78 is 17.1. The van der Waals surface area contributed by atoms with Gasteiger partial charge in [0.15, 0.2) is 0 Å². The number of nitrogens with one attached hydrogen (secondary N) is 1. The van der Waals surface area contributed by atoms with E-state index in [0.717, 1.165) is 22.6 Å². The lowest BCUT2D eigenvalue weighted by Crippen LogP contribution is -1.94. The molecule has 7 heteroatoms. The lowest BCUT2D eigenvalue weighted by atomic mass is 10.2. The second-order valence-electron chi connectivity index (χ2n) is 6.83. The van der Waals surface area contributed by atoms with Crippen LogP contribution in [0, 0.1) is 11.3 Å². The maximum Gasteiger partial charge on any atom is 0.236 e. The predicted molar refractivity (Wildman–Crippen MR) is 123 cm³/mol. The average molecular weight is 446 g/mol. The maximum absolute atomic E-state index is 9.45. The molecule has 3 aromatic carbocycles. The molecule has 0 aliphatic carbocycles. The topological polar surface area (TPSA) is 80.3 Å². The highest BCUT2D eigenvalue weighted by Crippen LogP contribution is 2.29. The Morgan fingerprint density at radius 1 is 0.938 bits per heavy atom. The van der Waals surface area contributed by atoms with Gasteiger partial charge in [-0.05, 0) is 73.2 Å². The molecular formula is C25H20ClN3O3. The molecule has 0 unspecified atom stereocenters. The van der Waals surface area contributed by atoms with Crippen LogP contribution < -0.4 is 14.8 Å². The van der Waals surface area contributed by atoms with Gasteiger partial charge in [0.2, 0.25) is 17.5 Å². The number of aromatic nitrogens is 1. The lowest BCUT2D eigenvalue weighted by molar-refractivity contribution is 0.306. The molecule has 1 aromatic heterocycles. The molecule has 1 N–H and O–H groups in total. The highest BCUT2D eigenvalue weighted by Gasteiger charge is 2.15. The van der Waals surface area contributed by atoms with E-state index in [1.165, 1.54) is 0 Å². The van der Waals surface area contributed by atoms with E-state index in [1.807, 2.05) is 79.7 Å². The van der Waals surface area contributed by atoms with E-state index in [-0.39, 0.29) is 11.6 Å². The molecule has 0 aliphatic rings. The summed E-state index contributed by atoms with van der Waals surface area (Å²) in [5.41, 5.74) is 2.70. The van der Waals surface area contributed by atoms with Crippen LogP contribution in [0.25, 0.3) is 11.5 Å². The van der Waals surface area contributed by atoms with Gasteiger partial charge in [0, 0.05) is 16.3 Å². The Morgan fingerprint density at radius 3 is 2.25 bits per heavy atom. The van der Waals surface area contributed by atoms with Crippen molar-refractivity contribution < 1.29 is 13.9 Å². The molecule has 0 saturated heterocycles. The summed E-state index contributed by atoms with van der Waals surface area (Å²) in [6.07, 6.45) is 0. The van der Waals surface area contributed by atoms with Gasteiger partial charge in [-0.1, -0.05) is 23.7 Å². The van der Waals surface area contributed by atoms with Crippen LogP contribution in [0.5, 0.6) is 11.5 Å². The third kappa shape index (κ3) is 5.20. The fourth-order valence-electron chi connectivity index (χ4n) is 2.98. The zero-order chi connectivity index (χ0) is 22.3. The number of oxazole rings is 1. The number of benzene rings is 3. The van der Waals surface area contributed by atoms with Crippen molar-refractivity contribution in [2.75, 3.05) is 11.9 Å². The summed E-state index contributed by atoms with van der Waals surface area (Å²) in [4.78, 5) is 4.31. The van der Waals surface area contributed by atoms with Crippen molar-refractivity contribution in [1.82, 2.24) is 4.98 Å². The van der Waals surface area contributed by atoms with Crippen LogP contribution in [0.4, 0.5) is 11.6 Å². The summed E-state index contributed by atoms with van der Waals surface area (Å²) in [6, 6.07) is 24.3. The van der Waals surface area contributed by atoms with Crippen LogP contribution >= 0.6 is 11.6 Å². The first-order valence-electron chi connectivity index (χ1n) is 10.0. The molecule has 0 aliphatic heterocycles. The molecule has 4 aromatic rings. The molecule has 32 heavy (non-hydrogen) atoms. The Balaban J connectivity index is 1.44. The molecule has 0 fully saturated rings. The van der Waals surface area contributed by atoms with E-state index < -0.39 is 0 Å². The van der Waals surface area contributed by atoms with Crippen LogP contribution in [0.15, 0.2) is 77.2 Å². The normalized spacial score (nSPS) is 10.4. The second-order valence-corrected chi connectivity index (χ2v) is 7.27. The number of hydrogen-bond acceptors (Lipinski definition) is 6. The number of rotatable bonds is 8. The fraction of sp³-hybridized carbons (Fsp3) is 0.120. The SMILES string of the molecule is CCOc1ccc(Nc2oc(-c3ccc(OCc4ccc(Cl)cc4)cc3)nc2C#N)cc1. The molecule has 0 saturated carbocycles. The van der Waals surface area contributed by atoms with Crippen LogP contribution in [-0.2, 0) is 6.61 Å². The van der Waals surface area contributed by atoms with E-state index in [0.29, 0.717) is 29.9 Å². The van der Waals surface area contributed by atoms with E-state index in [2.05, 4.69) is 16.4 Å². The van der Waals surface area contributed by atoms with E-state index in [4.69, 9.17) is 25.5 Å². The van der Waals surface area contributed by atoms with Crippen LogP contribution in [0.1, 0.15) is 18.2 Å². The Kier molecular flexibility index (Phi) is 6.59. The Morgan fingerprint density at radius 2 is 1.59 bits per heavy atom. The highest BCUT2D eigenvalue weighted by molar-refractivity contribution is 6.30. The van der Waals surface area contributed by atoms with Gasteiger partial charge < -0.3 is 19.2 Å². The summed E-state index contributed by atoms with van der Waals surface area (Å²) in [5, 5.41) is 13.2. The van der Waals surface area contributed by atoms with Crippen molar-refractivity contribution in [2.24, 2.45) is 0 Å². The summed E-state index contributed by atoms with van der Waals surface area (Å²) in [7, 11) is 0. The molecule has 0 spiro atoms. The molecule has 4 rings (SSSR count). The first-order chi connectivity index (χ1) is 15.6. The van der Waals surface area contributed by atoms with Crippen LogP contribution in [0.3, 0.4) is 0 Å². The van der Waals surface area contributed by atoms with Crippen molar-refractivity contribution in [2.45, 2.75) is 13.5 Å². The predicted octanol–water partition coefficient (Wildman–Crippen LogP) is 6.59. The molecule has 0 bridgehead atoms. The Bertz CT molecular complexity index is 1210. The third-order valence-corrected chi connectivity index (χ3v) is 4.83. The second kappa shape index (κ2) is 9.90. The average Bonchev–Trinajstić information content (AvgIpc) is 3.23. The van der Waals surface area contributed by atoms with E-state index in [1.54, 1.807) is 0 Å². The van der Waals surface area contributed by atoms with Gasteiger partial charge >= 0.3 is 0 Å². The minimum Gasteiger partial charge on any atom is -0.494 e. The zero-order valence-electron chi connectivity index (χ0n) is 17.3.